The second-order valence-electron chi connectivity index (χ2n) is 14.4. The van der Waals surface area contributed by atoms with E-state index in [1.165, 1.54) is 27.1 Å². The lowest BCUT2D eigenvalue weighted by atomic mass is 9.87. The molecule has 7 rings (SSSR count). The Hall–Kier alpha value is -6.32. The summed E-state index contributed by atoms with van der Waals surface area (Å²) < 4.78 is 0. The normalized spacial score (nSPS) is 11.9. The molecule has 0 atom stereocenters. The molecule has 0 fully saturated rings. The lowest BCUT2D eigenvalue weighted by Gasteiger charge is -2.27. The molecule has 52 heavy (non-hydrogen) atoms. The second-order valence-corrected chi connectivity index (χ2v) is 14.4. The summed E-state index contributed by atoms with van der Waals surface area (Å²) >= 11 is 0. The molecule has 0 radical (unpaired) electrons. The van der Waals surface area contributed by atoms with Gasteiger partial charge in [-0.25, -0.2) is 0 Å². The number of Topliss-reactive ketones (excluding diaryl/α,β-unsaturated/α-hetero) is 1. The van der Waals surface area contributed by atoms with Gasteiger partial charge in [0.25, 0.3) is 0 Å². The van der Waals surface area contributed by atoms with Gasteiger partial charge < -0.3 is 4.90 Å². The topological polar surface area (TPSA) is 37.4 Å². The Balaban J connectivity index is 1.27. The first kappa shape index (κ1) is 34.1. The van der Waals surface area contributed by atoms with Crippen LogP contribution in [0.4, 0.5) is 17.1 Å². The molecule has 7 aromatic carbocycles. The molecular formula is C49H41NO2. The van der Waals surface area contributed by atoms with Crippen molar-refractivity contribution in [2.45, 2.75) is 33.1 Å². The largest absolute Gasteiger partial charge is 0.310 e. The Kier molecular flexibility index (Phi) is 9.04. The highest BCUT2D eigenvalue weighted by Gasteiger charge is 2.18. The van der Waals surface area contributed by atoms with Crippen molar-refractivity contribution in [1.29, 1.82) is 0 Å². The van der Waals surface area contributed by atoms with E-state index >= 15 is 0 Å². The average molecular weight is 676 g/mol. The summed E-state index contributed by atoms with van der Waals surface area (Å²) in [7, 11) is 0. The molecule has 0 N–H and O–H groups in total. The van der Waals surface area contributed by atoms with Gasteiger partial charge in [0.1, 0.15) is 0 Å². The van der Waals surface area contributed by atoms with Gasteiger partial charge in [-0.1, -0.05) is 107 Å². The van der Waals surface area contributed by atoms with Gasteiger partial charge in [0.2, 0.25) is 0 Å². The van der Waals surface area contributed by atoms with Gasteiger partial charge in [0.05, 0.1) is 0 Å². The van der Waals surface area contributed by atoms with Crippen molar-refractivity contribution in [3.63, 3.8) is 0 Å². The third kappa shape index (κ3) is 6.61. The molecule has 0 aliphatic carbocycles. The molecule has 0 spiro atoms. The van der Waals surface area contributed by atoms with Crippen molar-refractivity contribution in [1.82, 2.24) is 0 Å². The molecule has 0 unspecified atom stereocenters. The second kappa shape index (κ2) is 13.8. The van der Waals surface area contributed by atoms with Gasteiger partial charge in [-0.2, -0.15) is 0 Å². The van der Waals surface area contributed by atoms with Crippen LogP contribution in [0.3, 0.4) is 0 Å². The van der Waals surface area contributed by atoms with Gasteiger partial charge >= 0.3 is 0 Å². The number of hydrogen-bond donors (Lipinski definition) is 0. The van der Waals surface area contributed by atoms with E-state index in [0.29, 0.717) is 16.7 Å². The molecular weight excluding hydrogens is 635 g/mol. The van der Waals surface area contributed by atoms with Crippen molar-refractivity contribution in [3.05, 3.63) is 180 Å². The summed E-state index contributed by atoms with van der Waals surface area (Å²) in [6.45, 7) is 16.2. The van der Waals surface area contributed by atoms with Gasteiger partial charge in [-0.3, -0.25) is 9.59 Å². The van der Waals surface area contributed by atoms with E-state index in [9.17, 15) is 9.59 Å². The van der Waals surface area contributed by atoms with Crippen LogP contribution in [0.1, 0.15) is 70.7 Å². The number of carbonyl (C=O) groups excluding carboxylic acids is 2. The minimum atomic E-state index is -0.201. The van der Waals surface area contributed by atoms with Crippen molar-refractivity contribution < 1.29 is 9.59 Å². The van der Waals surface area contributed by atoms with Gasteiger partial charge in [0.15, 0.2) is 12.1 Å². The Labute approximate surface area is 305 Å². The minimum Gasteiger partial charge on any atom is -0.310 e. The van der Waals surface area contributed by atoms with Gasteiger partial charge in [-0.15, -0.1) is 0 Å². The fourth-order valence-corrected chi connectivity index (χ4v) is 6.93. The molecule has 0 aliphatic heterocycles. The van der Waals surface area contributed by atoms with Crippen LogP contribution < -0.4 is 4.90 Å². The monoisotopic (exact) mass is 675 g/mol. The summed E-state index contributed by atoms with van der Waals surface area (Å²) in [5.74, 6) is -0.201. The van der Waals surface area contributed by atoms with Gasteiger partial charge in [-0.05, 0) is 145 Å². The zero-order valence-electron chi connectivity index (χ0n) is 30.1. The lowest BCUT2D eigenvalue weighted by Crippen LogP contribution is -2.13. The molecule has 254 valence electrons. The smallest absolute Gasteiger partial charge is 0.189 e. The third-order valence-corrected chi connectivity index (χ3v) is 9.85. The summed E-state index contributed by atoms with van der Waals surface area (Å²) in [6.07, 6.45) is 5.92. The highest BCUT2D eigenvalue weighted by molar-refractivity contribution is 6.15. The van der Waals surface area contributed by atoms with Crippen LogP contribution in [0.25, 0.3) is 50.5 Å². The molecule has 0 bridgehead atoms. The molecule has 7 aromatic rings. The van der Waals surface area contributed by atoms with E-state index in [0.717, 1.165) is 50.8 Å². The quantitative estimate of drug-likeness (QED) is 0.0661. The number of aldehydes is 1. The fraction of sp³-hybridized carbons (Fsp3) is 0.102. The number of fused-ring (bicyclic) bond motifs is 3. The summed E-state index contributed by atoms with van der Waals surface area (Å²) in [5.41, 5.74) is 8.19. The highest BCUT2D eigenvalue weighted by Crippen LogP contribution is 2.39. The number of nitrogens with zero attached hydrogens (tertiary/aromatic N) is 1. The standard InChI is InChI=1S/C49H41NO2/c1-7-34-25-42(31-51)47(30-35(34)8-2)48(52)32(3)23-33-13-14-40-28-45(19-15-38(40)24-33)50(44-21-17-43(18-22-44)49(4,5)6)46-20-16-39-26-36-11-9-10-12-37(36)27-41(39)29-46/h7-31H,1-2H2,3-6H3. The van der Waals surface area contributed by atoms with E-state index < -0.39 is 0 Å². The first-order chi connectivity index (χ1) is 25.1. The number of hydrogen-bond acceptors (Lipinski definition) is 3. The van der Waals surface area contributed by atoms with Crippen LogP contribution in [0.2, 0.25) is 0 Å². The van der Waals surface area contributed by atoms with Crippen molar-refractivity contribution in [2.24, 2.45) is 0 Å². The minimum absolute atomic E-state index is 0.0485. The van der Waals surface area contributed by atoms with Crippen molar-refractivity contribution in [3.8, 4) is 0 Å². The van der Waals surface area contributed by atoms with Crippen LogP contribution in [0.15, 0.2) is 146 Å². The van der Waals surface area contributed by atoms with Crippen LogP contribution in [-0.2, 0) is 5.41 Å². The first-order valence-corrected chi connectivity index (χ1v) is 17.5. The molecule has 0 aliphatic rings. The predicted octanol–water partition coefficient (Wildman–Crippen LogP) is 13.3. The number of ketones is 1. The van der Waals surface area contributed by atoms with E-state index in [4.69, 9.17) is 0 Å². The Morgan fingerprint density at radius 2 is 1.10 bits per heavy atom. The molecule has 0 amide bonds. The Morgan fingerprint density at radius 3 is 1.71 bits per heavy atom. The lowest BCUT2D eigenvalue weighted by molar-refractivity contribution is 0.102. The first-order valence-electron chi connectivity index (χ1n) is 17.5. The maximum absolute atomic E-state index is 13.6. The number of allylic oxidation sites excluding steroid dienone is 1. The van der Waals surface area contributed by atoms with Gasteiger partial charge in [0, 0.05) is 28.2 Å². The third-order valence-electron chi connectivity index (χ3n) is 9.85. The SMILES string of the molecule is C=Cc1cc(C=O)c(C(=O)C(C)=Cc2ccc3cc(N(c4ccc(C(C)(C)C)cc4)c4ccc5cc6ccccc6cc5c4)ccc3c2)cc1C=C. The molecule has 3 nitrogen and oxygen atoms in total. The molecule has 0 aromatic heterocycles. The van der Waals surface area contributed by atoms with E-state index in [-0.39, 0.29) is 11.2 Å². The average Bonchev–Trinajstić information content (AvgIpc) is 3.16. The molecule has 0 heterocycles. The maximum Gasteiger partial charge on any atom is 0.189 e. The molecule has 0 saturated carbocycles. The Bertz CT molecular complexity index is 2580. The molecule has 0 saturated heterocycles. The fourth-order valence-electron chi connectivity index (χ4n) is 6.93. The van der Waals surface area contributed by atoms with E-state index in [2.05, 4.69) is 148 Å². The van der Waals surface area contributed by atoms with Crippen LogP contribution in [0, 0.1) is 0 Å². The van der Waals surface area contributed by atoms with Crippen LogP contribution >= 0.6 is 0 Å². The predicted molar refractivity (Wildman–Crippen MR) is 222 cm³/mol. The van der Waals surface area contributed by atoms with E-state index in [1.54, 1.807) is 31.2 Å². The van der Waals surface area contributed by atoms with Crippen LogP contribution in [0.5, 0.6) is 0 Å². The maximum atomic E-state index is 13.6. The molecule has 3 heteroatoms. The highest BCUT2D eigenvalue weighted by atomic mass is 16.1. The number of benzene rings is 7. The zero-order valence-corrected chi connectivity index (χ0v) is 30.1. The van der Waals surface area contributed by atoms with Crippen molar-refractivity contribution >= 4 is 79.7 Å². The summed E-state index contributed by atoms with van der Waals surface area (Å²) in [6, 6.07) is 44.7. The number of carbonyl (C=O) groups is 2. The van der Waals surface area contributed by atoms with E-state index in [1.807, 2.05) is 12.1 Å². The summed E-state index contributed by atoms with van der Waals surface area (Å²) in [4.78, 5) is 27.8. The number of rotatable bonds is 9. The zero-order chi connectivity index (χ0) is 36.6. The van der Waals surface area contributed by atoms with Crippen molar-refractivity contribution in [2.75, 3.05) is 4.90 Å². The number of anilines is 3. The Morgan fingerprint density at radius 1 is 0.577 bits per heavy atom. The summed E-state index contributed by atoms with van der Waals surface area (Å²) in [5, 5.41) is 6.99. The van der Waals surface area contributed by atoms with Crippen LogP contribution in [-0.4, -0.2) is 12.1 Å².